The van der Waals surface area contributed by atoms with E-state index >= 15 is 0 Å². The lowest BCUT2D eigenvalue weighted by molar-refractivity contribution is 0.560. The molecule has 4 heterocycles. The van der Waals surface area contributed by atoms with Crippen LogP contribution >= 0.6 is 0 Å². The van der Waals surface area contributed by atoms with Gasteiger partial charge in [0, 0.05) is 25.7 Å². The van der Waals surface area contributed by atoms with Gasteiger partial charge >= 0.3 is 0 Å². The Morgan fingerprint density at radius 1 is 1.37 bits per heavy atom. The van der Waals surface area contributed by atoms with Crippen LogP contribution in [0.25, 0.3) is 5.69 Å². The lowest BCUT2D eigenvalue weighted by atomic mass is 10.0. The van der Waals surface area contributed by atoms with Crippen molar-refractivity contribution in [3.05, 3.63) is 42.0 Å². The zero-order valence-corrected chi connectivity index (χ0v) is 15.0. The molecule has 9 heteroatoms. The summed E-state index contributed by atoms with van der Waals surface area (Å²) in [6, 6.07) is 3.95. The minimum absolute atomic E-state index is 0.330. The normalized spacial score (nSPS) is 16.4. The zero-order valence-electron chi connectivity index (χ0n) is 15.0. The van der Waals surface area contributed by atoms with Crippen LogP contribution in [-0.2, 0) is 6.42 Å². The minimum Gasteiger partial charge on any atom is -0.355 e. The van der Waals surface area contributed by atoms with Crippen molar-refractivity contribution >= 4 is 18.4 Å². The molecule has 0 aromatic carbocycles. The molecule has 3 aromatic rings. The number of nitrogens with zero attached hydrogens (tertiary/aromatic N) is 8. The SMILES string of the molecule is C=Nc1[nH]ccc1-n1c(C)nnc1CC1CCN(c2cnc(C#N)cn2)C1. The molecule has 0 amide bonds. The van der Waals surface area contributed by atoms with Gasteiger partial charge < -0.3 is 9.88 Å². The second-order valence-electron chi connectivity index (χ2n) is 6.54. The number of aliphatic imine (C=N–C) groups is 1. The van der Waals surface area contributed by atoms with E-state index in [-0.39, 0.29) is 0 Å². The molecular weight excluding hydrogens is 342 g/mol. The maximum Gasteiger partial charge on any atom is 0.158 e. The van der Waals surface area contributed by atoms with Crippen molar-refractivity contribution in [1.82, 2.24) is 29.7 Å². The Morgan fingerprint density at radius 3 is 3.00 bits per heavy atom. The number of rotatable bonds is 5. The molecule has 0 bridgehead atoms. The third-order valence-corrected chi connectivity index (χ3v) is 4.83. The highest BCUT2D eigenvalue weighted by atomic mass is 15.3. The third kappa shape index (κ3) is 3.17. The van der Waals surface area contributed by atoms with Crippen LogP contribution in [0.5, 0.6) is 0 Å². The van der Waals surface area contributed by atoms with Gasteiger partial charge in [0.25, 0.3) is 0 Å². The molecule has 1 N–H and O–H groups in total. The predicted octanol–water partition coefficient (Wildman–Crippen LogP) is 1.97. The fraction of sp³-hybridized carbons (Fsp3) is 0.333. The molecule has 1 atom stereocenters. The molecule has 0 aliphatic carbocycles. The molecule has 136 valence electrons. The van der Waals surface area contributed by atoms with E-state index < -0.39 is 0 Å². The Kier molecular flexibility index (Phi) is 4.38. The average molecular weight is 361 g/mol. The van der Waals surface area contributed by atoms with Crippen molar-refractivity contribution in [3.63, 3.8) is 0 Å². The number of nitrogens with one attached hydrogen (secondary N) is 1. The number of H-pyrrole nitrogens is 1. The number of hydrogen-bond acceptors (Lipinski definition) is 7. The van der Waals surface area contributed by atoms with E-state index in [1.807, 2.05) is 29.8 Å². The van der Waals surface area contributed by atoms with Crippen molar-refractivity contribution in [2.75, 3.05) is 18.0 Å². The Bertz CT molecular complexity index is 993. The number of aromatic nitrogens is 6. The number of anilines is 1. The van der Waals surface area contributed by atoms with Crippen LogP contribution in [-0.4, -0.2) is 49.5 Å². The summed E-state index contributed by atoms with van der Waals surface area (Å²) in [6.45, 7) is 7.32. The van der Waals surface area contributed by atoms with Crippen molar-refractivity contribution in [1.29, 1.82) is 5.26 Å². The van der Waals surface area contributed by atoms with Crippen molar-refractivity contribution in [2.24, 2.45) is 10.9 Å². The van der Waals surface area contributed by atoms with E-state index in [0.717, 1.165) is 49.1 Å². The first-order valence-electron chi connectivity index (χ1n) is 8.72. The fourth-order valence-corrected chi connectivity index (χ4v) is 3.52. The van der Waals surface area contributed by atoms with E-state index in [1.165, 1.54) is 6.20 Å². The van der Waals surface area contributed by atoms with E-state index in [9.17, 15) is 0 Å². The quantitative estimate of drug-likeness (QED) is 0.695. The van der Waals surface area contributed by atoms with Crippen LogP contribution in [0.4, 0.5) is 11.6 Å². The zero-order chi connectivity index (χ0) is 18.8. The van der Waals surface area contributed by atoms with Crippen LogP contribution in [0.1, 0.15) is 23.8 Å². The molecule has 0 radical (unpaired) electrons. The van der Waals surface area contributed by atoms with Gasteiger partial charge in [-0.1, -0.05) is 0 Å². The topological polar surface area (TPSA) is 112 Å². The molecule has 0 spiro atoms. The summed E-state index contributed by atoms with van der Waals surface area (Å²) in [5, 5.41) is 17.5. The highest BCUT2D eigenvalue weighted by molar-refractivity contribution is 5.56. The molecule has 1 saturated heterocycles. The van der Waals surface area contributed by atoms with Gasteiger partial charge in [-0.25, -0.2) is 15.0 Å². The Morgan fingerprint density at radius 2 is 2.26 bits per heavy atom. The second kappa shape index (κ2) is 6.99. The third-order valence-electron chi connectivity index (χ3n) is 4.83. The summed E-state index contributed by atoms with van der Waals surface area (Å²) in [5.74, 6) is 3.68. The first-order chi connectivity index (χ1) is 13.2. The number of aryl methyl sites for hydroxylation is 1. The molecule has 0 saturated carbocycles. The monoisotopic (exact) mass is 361 g/mol. The summed E-state index contributed by atoms with van der Waals surface area (Å²) in [7, 11) is 0. The molecule has 1 fully saturated rings. The van der Waals surface area contributed by atoms with Crippen LogP contribution < -0.4 is 4.90 Å². The number of aromatic amines is 1. The summed E-state index contributed by atoms with van der Waals surface area (Å²) >= 11 is 0. The van der Waals surface area contributed by atoms with Crippen LogP contribution in [0, 0.1) is 24.2 Å². The molecule has 4 rings (SSSR count). The largest absolute Gasteiger partial charge is 0.355 e. The maximum absolute atomic E-state index is 8.85. The van der Waals surface area contributed by atoms with Crippen molar-refractivity contribution in [3.8, 4) is 11.8 Å². The lowest BCUT2D eigenvalue weighted by Gasteiger charge is -2.17. The molecule has 3 aromatic heterocycles. The average Bonchev–Trinajstić information content (AvgIpc) is 3.42. The van der Waals surface area contributed by atoms with E-state index in [4.69, 9.17) is 5.26 Å². The van der Waals surface area contributed by atoms with Crippen LogP contribution in [0.2, 0.25) is 0 Å². The van der Waals surface area contributed by atoms with E-state index in [1.54, 1.807) is 6.20 Å². The lowest BCUT2D eigenvalue weighted by Crippen LogP contribution is -2.22. The van der Waals surface area contributed by atoms with Crippen molar-refractivity contribution in [2.45, 2.75) is 19.8 Å². The van der Waals surface area contributed by atoms with Gasteiger partial charge in [-0.2, -0.15) is 5.26 Å². The Hall–Kier alpha value is -3.54. The maximum atomic E-state index is 8.85. The van der Waals surface area contributed by atoms with Gasteiger partial charge in [-0.3, -0.25) is 4.57 Å². The van der Waals surface area contributed by atoms with Gasteiger partial charge in [-0.15, -0.1) is 10.2 Å². The molecular formula is C18H19N9. The molecule has 1 unspecified atom stereocenters. The first kappa shape index (κ1) is 16.9. The Labute approximate surface area is 156 Å². The highest BCUT2D eigenvalue weighted by Crippen LogP contribution is 2.27. The molecule has 9 nitrogen and oxygen atoms in total. The minimum atomic E-state index is 0.330. The summed E-state index contributed by atoms with van der Waals surface area (Å²) in [4.78, 5) is 17.8. The van der Waals surface area contributed by atoms with Gasteiger partial charge in [0.15, 0.2) is 11.5 Å². The summed E-state index contributed by atoms with van der Waals surface area (Å²) in [5.41, 5.74) is 1.24. The smallest absolute Gasteiger partial charge is 0.158 e. The fourth-order valence-electron chi connectivity index (χ4n) is 3.52. The second-order valence-corrected chi connectivity index (χ2v) is 6.54. The van der Waals surface area contributed by atoms with E-state index in [2.05, 4.69) is 41.8 Å². The summed E-state index contributed by atoms with van der Waals surface area (Å²) in [6.07, 6.45) is 6.85. The number of nitriles is 1. The van der Waals surface area contributed by atoms with Gasteiger partial charge in [0.2, 0.25) is 0 Å². The molecule has 27 heavy (non-hydrogen) atoms. The highest BCUT2D eigenvalue weighted by Gasteiger charge is 2.26. The predicted molar refractivity (Wildman–Crippen MR) is 100 cm³/mol. The first-order valence-corrected chi connectivity index (χ1v) is 8.72. The van der Waals surface area contributed by atoms with Crippen LogP contribution in [0.15, 0.2) is 29.6 Å². The van der Waals surface area contributed by atoms with Gasteiger partial charge in [0.05, 0.1) is 18.1 Å². The van der Waals surface area contributed by atoms with Gasteiger partial charge in [0.1, 0.15) is 23.5 Å². The molecule has 1 aliphatic heterocycles. The van der Waals surface area contributed by atoms with E-state index in [0.29, 0.717) is 17.4 Å². The van der Waals surface area contributed by atoms with Crippen LogP contribution in [0.3, 0.4) is 0 Å². The molecule has 1 aliphatic rings. The standard InChI is InChI=1S/C18H19N9/c1-12-24-25-16(27(12)15-3-5-21-18(15)20-2)7-13-4-6-26(11-13)17-10-22-14(8-19)9-23-17/h3,5,9-10,13,21H,2,4,6-7,11H2,1H3. The van der Waals surface area contributed by atoms with Gasteiger partial charge in [-0.05, 0) is 32.0 Å². The van der Waals surface area contributed by atoms with Crippen molar-refractivity contribution < 1.29 is 0 Å². The Balaban J connectivity index is 1.51. The summed E-state index contributed by atoms with van der Waals surface area (Å²) < 4.78 is 2.03. The number of hydrogen-bond donors (Lipinski definition) is 1.